The van der Waals surface area contributed by atoms with E-state index in [4.69, 9.17) is 4.74 Å². The normalized spacial score (nSPS) is 15.8. The van der Waals surface area contributed by atoms with Crippen LogP contribution in [0.25, 0.3) is 6.08 Å². The fourth-order valence-electron chi connectivity index (χ4n) is 2.56. The first-order chi connectivity index (χ1) is 10.6. The van der Waals surface area contributed by atoms with Crippen molar-refractivity contribution in [2.45, 2.75) is 25.8 Å². The van der Waals surface area contributed by atoms with Crippen LogP contribution in [0.4, 0.5) is 0 Å². The standard InChI is InChI=1S/C17H22N2O3/c1-13(20)19-11-9-15(10-12-19)18-17(21)8-7-14-5-3-4-6-16(14)22-2/h3-8,15H,9-12H2,1-2H3,(H,18,21)/b8-7+. The van der Waals surface area contributed by atoms with E-state index >= 15 is 0 Å². The lowest BCUT2D eigenvalue weighted by Crippen LogP contribution is -2.45. The number of ether oxygens (including phenoxy) is 1. The molecule has 2 amide bonds. The molecule has 5 heteroatoms. The molecule has 0 unspecified atom stereocenters. The Labute approximate surface area is 130 Å². The van der Waals surface area contributed by atoms with Gasteiger partial charge in [-0.1, -0.05) is 18.2 Å². The molecule has 1 heterocycles. The van der Waals surface area contributed by atoms with Crippen LogP contribution in [0.5, 0.6) is 5.75 Å². The second-order valence-corrected chi connectivity index (χ2v) is 5.36. The molecule has 5 nitrogen and oxygen atoms in total. The summed E-state index contributed by atoms with van der Waals surface area (Å²) in [6.45, 7) is 2.99. The maximum absolute atomic E-state index is 12.0. The molecule has 0 aromatic heterocycles. The lowest BCUT2D eigenvalue weighted by atomic mass is 10.0. The first-order valence-electron chi connectivity index (χ1n) is 7.47. The van der Waals surface area contributed by atoms with E-state index in [1.54, 1.807) is 20.1 Å². The van der Waals surface area contributed by atoms with Crippen molar-refractivity contribution in [3.8, 4) is 5.75 Å². The minimum absolute atomic E-state index is 0.0980. The Kier molecular flexibility index (Phi) is 5.58. The van der Waals surface area contributed by atoms with Crippen LogP contribution in [-0.4, -0.2) is 43.0 Å². The monoisotopic (exact) mass is 302 g/mol. The van der Waals surface area contributed by atoms with E-state index in [0.717, 1.165) is 24.2 Å². The maximum Gasteiger partial charge on any atom is 0.244 e. The molecule has 0 atom stereocenters. The van der Waals surface area contributed by atoms with Crippen LogP contribution in [-0.2, 0) is 9.59 Å². The molecular formula is C17H22N2O3. The number of amides is 2. The number of rotatable bonds is 4. The third kappa shape index (κ3) is 4.35. The van der Waals surface area contributed by atoms with Crippen LogP contribution >= 0.6 is 0 Å². The van der Waals surface area contributed by atoms with Crippen LogP contribution in [0.15, 0.2) is 30.3 Å². The van der Waals surface area contributed by atoms with Crippen molar-refractivity contribution in [2.75, 3.05) is 20.2 Å². The van der Waals surface area contributed by atoms with Crippen LogP contribution in [0, 0.1) is 0 Å². The van der Waals surface area contributed by atoms with Gasteiger partial charge in [-0.05, 0) is 25.0 Å². The third-order valence-electron chi connectivity index (χ3n) is 3.84. The minimum Gasteiger partial charge on any atom is -0.496 e. The molecule has 1 aromatic rings. The smallest absolute Gasteiger partial charge is 0.244 e. The first kappa shape index (κ1) is 16.1. The molecule has 0 bridgehead atoms. The zero-order valence-electron chi connectivity index (χ0n) is 13.0. The molecule has 1 N–H and O–H groups in total. The molecule has 0 spiro atoms. The second kappa shape index (κ2) is 7.64. The second-order valence-electron chi connectivity index (χ2n) is 5.36. The fourth-order valence-corrected chi connectivity index (χ4v) is 2.56. The van der Waals surface area contributed by atoms with Crippen molar-refractivity contribution >= 4 is 17.9 Å². The third-order valence-corrected chi connectivity index (χ3v) is 3.84. The number of hydrogen-bond donors (Lipinski definition) is 1. The summed E-state index contributed by atoms with van der Waals surface area (Å²) in [4.78, 5) is 25.1. The lowest BCUT2D eigenvalue weighted by molar-refractivity contribution is -0.129. The van der Waals surface area contributed by atoms with Crippen molar-refractivity contribution in [1.82, 2.24) is 10.2 Å². The molecule has 22 heavy (non-hydrogen) atoms. The summed E-state index contributed by atoms with van der Waals surface area (Å²) in [5, 5.41) is 2.98. The SMILES string of the molecule is COc1ccccc1/C=C/C(=O)NC1CCN(C(C)=O)CC1. The van der Waals surface area contributed by atoms with Crippen LogP contribution in [0.1, 0.15) is 25.3 Å². The molecular weight excluding hydrogens is 280 g/mol. The number of nitrogens with one attached hydrogen (secondary N) is 1. The van der Waals surface area contributed by atoms with Gasteiger partial charge in [0.25, 0.3) is 0 Å². The molecule has 0 saturated carbocycles. The van der Waals surface area contributed by atoms with E-state index in [-0.39, 0.29) is 17.9 Å². The average molecular weight is 302 g/mol. The summed E-state index contributed by atoms with van der Waals surface area (Å²) >= 11 is 0. The highest BCUT2D eigenvalue weighted by Gasteiger charge is 2.21. The highest BCUT2D eigenvalue weighted by Crippen LogP contribution is 2.18. The molecule has 1 aliphatic heterocycles. The molecule has 1 aliphatic rings. The highest BCUT2D eigenvalue weighted by atomic mass is 16.5. The molecule has 1 fully saturated rings. The quantitative estimate of drug-likeness (QED) is 0.863. The number of carbonyl (C=O) groups is 2. The van der Waals surface area contributed by atoms with Gasteiger partial charge in [-0.15, -0.1) is 0 Å². The van der Waals surface area contributed by atoms with Gasteiger partial charge in [0, 0.05) is 37.7 Å². The number of hydrogen-bond acceptors (Lipinski definition) is 3. The molecule has 1 saturated heterocycles. The summed E-state index contributed by atoms with van der Waals surface area (Å²) < 4.78 is 5.24. The Morgan fingerprint density at radius 2 is 1.95 bits per heavy atom. The summed E-state index contributed by atoms with van der Waals surface area (Å²) in [7, 11) is 1.61. The van der Waals surface area contributed by atoms with E-state index in [1.165, 1.54) is 6.08 Å². The Hall–Kier alpha value is -2.30. The Morgan fingerprint density at radius 1 is 1.27 bits per heavy atom. The Morgan fingerprint density at radius 3 is 2.59 bits per heavy atom. The maximum atomic E-state index is 12.0. The zero-order chi connectivity index (χ0) is 15.9. The van der Waals surface area contributed by atoms with E-state index < -0.39 is 0 Å². The first-order valence-corrected chi connectivity index (χ1v) is 7.47. The molecule has 0 radical (unpaired) electrons. The Balaban J connectivity index is 1.86. The summed E-state index contributed by atoms with van der Waals surface area (Å²) in [6, 6.07) is 7.67. The van der Waals surface area contributed by atoms with Crippen LogP contribution in [0.2, 0.25) is 0 Å². The van der Waals surface area contributed by atoms with Gasteiger partial charge in [0.2, 0.25) is 11.8 Å². The van der Waals surface area contributed by atoms with Gasteiger partial charge >= 0.3 is 0 Å². The van der Waals surface area contributed by atoms with Gasteiger partial charge in [-0.2, -0.15) is 0 Å². The summed E-state index contributed by atoms with van der Waals surface area (Å²) in [5.41, 5.74) is 0.867. The van der Waals surface area contributed by atoms with Gasteiger partial charge < -0.3 is 15.0 Å². The van der Waals surface area contributed by atoms with E-state index in [1.807, 2.05) is 29.2 Å². The number of carbonyl (C=O) groups excluding carboxylic acids is 2. The van der Waals surface area contributed by atoms with Crippen molar-refractivity contribution in [3.05, 3.63) is 35.9 Å². The molecule has 1 aromatic carbocycles. The summed E-state index contributed by atoms with van der Waals surface area (Å²) in [6.07, 6.45) is 4.87. The van der Waals surface area contributed by atoms with Gasteiger partial charge in [0.1, 0.15) is 5.75 Å². The molecule has 118 valence electrons. The van der Waals surface area contributed by atoms with Crippen molar-refractivity contribution < 1.29 is 14.3 Å². The van der Waals surface area contributed by atoms with Crippen molar-refractivity contribution in [3.63, 3.8) is 0 Å². The van der Waals surface area contributed by atoms with Gasteiger partial charge in [0.05, 0.1) is 7.11 Å². The lowest BCUT2D eigenvalue weighted by Gasteiger charge is -2.31. The molecule has 2 rings (SSSR count). The number of nitrogens with zero attached hydrogens (tertiary/aromatic N) is 1. The fraction of sp³-hybridized carbons (Fsp3) is 0.412. The summed E-state index contributed by atoms with van der Waals surface area (Å²) in [5.74, 6) is 0.717. The number of piperidine rings is 1. The average Bonchev–Trinajstić information content (AvgIpc) is 2.53. The number of para-hydroxylation sites is 1. The van der Waals surface area contributed by atoms with Gasteiger partial charge in [-0.3, -0.25) is 9.59 Å². The van der Waals surface area contributed by atoms with E-state index in [2.05, 4.69) is 5.32 Å². The van der Waals surface area contributed by atoms with Crippen LogP contribution in [0.3, 0.4) is 0 Å². The minimum atomic E-state index is -0.118. The predicted molar refractivity (Wildman–Crippen MR) is 85.4 cm³/mol. The topological polar surface area (TPSA) is 58.6 Å². The Bertz CT molecular complexity index is 561. The molecule has 0 aliphatic carbocycles. The van der Waals surface area contributed by atoms with Gasteiger partial charge in [0.15, 0.2) is 0 Å². The van der Waals surface area contributed by atoms with Gasteiger partial charge in [-0.25, -0.2) is 0 Å². The number of benzene rings is 1. The largest absolute Gasteiger partial charge is 0.496 e. The number of likely N-dealkylation sites (tertiary alicyclic amines) is 1. The highest BCUT2D eigenvalue weighted by molar-refractivity contribution is 5.92. The predicted octanol–water partition coefficient (Wildman–Crippen LogP) is 1.84. The number of methoxy groups -OCH3 is 1. The van der Waals surface area contributed by atoms with E-state index in [9.17, 15) is 9.59 Å². The van der Waals surface area contributed by atoms with Crippen LogP contribution < -0.4 is 10.1 Å². The van der Waals surface area contributed by atoms with Crippen molar-refractivity contribution in [1.29, 1.82) is 0 Å². The van der Waals surface area contributed by atoms with Crippen molar-refractivity contribution in [2.24, 2.45) is 0 Å². The van der Waals surface area contributed by atoms with E-state index in [0.29, 0.717) is 13.1 Å². The zero-order valence-corrected chi connectivity index (χ0v) is 13.0.